The quantitative estimate of drug-likeness (QED) is 0.899. The minimum atomic E-state index is 0.153. The van der Waals surface area contributed by atoms with E-state index in [1.807, 2.05) is 18.2 Å². The van der Waals surface area contributed by atoms with Crippen molar-refractivity contribution in [1.29, 1.82) is 0 Å². The van der Waals surface area contributed by atoms with Crippen LogP contribution in [0.15, 0.2) is 30.3 Å². The highest BCUT2D eigenvalue weighted by molar-refractivity contribution is 5.75. The molecule has 3 nitrogen and oxygen atoms in total. The molecular formula is C17H24N2O. The first-order chi connectivity index (χ1) is 9.80. The molecule has 0 unspecified atom stereocenters. The Morgan fingerprint density at radius 3 is 2.55 bits per heavy atom. The third-order valence-electron chi connectivity index (χ3n) is 4.91. The van der Waals surface area contributed by atoms with E-state index in [1.165, 1.54) is 37.7 Å². The Morgan fingerprint density at radius 2 is 1.85 bits per heavy atom. The van der Waals surface area contributed by atoms with Crippen molar-refractivity contribution in [2.24, 2.45) is 0 Å². The van der Waals surface area contributed by atoms with Crippen molar-refractivity contribution in [2.75, 3.05) is 13.1 Å². The molecule has 1 heterocycles. The van der Waals surface area contributed by atoms with Gasteiger partial charge < -0.3 is 10.2 Å². The smallest absolute Gasteiger partial charge is 0.317 e. The van der Waals surface area contributed by atoms with Crippen molar-refractivity contribution in [3.05, 3.63) is 35.9 Å². The largest absolute Gasteiger partial charge is 0.338 e. The molecule has 1 aromatic rings. The Morgan fingerprint density at radius 1 is 1.10 bits per heavy atom. The second kappa shape index (κ2) is 5.86. The summed E-state index contributed by atoms with van der Waals surface area (Å²) in [4.78, 5) is 14.5. The first-order valence-corrected chi connectivity index (χ1v) is 7.90. The molecule has 1 saturated heterocycles. The highest BCUT2D eigenvalue weighted by atomic mass is 16.2. The summed E-state index contributed by atoms with van der Waals surface area (Å²) in [5.41, 5.74) is 1.50. The number of nitrogens with zero attached hydrogens (tertiary/aromatic N) is 1. The highest BCUT2D eigenvalue weighted by Crippen LogP contribution is 2.44. The monoisotopic (exact) mass is 272 g/mol. The van der Waals surface area contributed by atoms with Crippen LogP contribution in [-0.2, 0) is 6.42 Å². The van der Waals surface area contributed by atoms with Crippen LogP contribution in [0.25, 0.3) is 0 Å². The minimum absolute atomic E-state index is 0.153. The molecule has 2 amide bonds. The molecule has 1 N–H and O–H groups in total. The van der Waals surface area contributed by atoms with Gasteiger partial charge in [-0.05, 0) is 50.5 Å². The van der Waals surface area contributed by atoms with Gasteiger partial charge in [-0.3, -0.25) is 0 Å². The van der Waals surface area contributed by atoms with E-state index in [4.69, 9.17) is 0 Å². The van der Waals surface area contributed by atoms with Crippen molar-refractivity contribution >= 4 is 6.03 Å². The lowest BCUT2D eigenvalue weighted by atomic mass is 9.70. The second-order valence-electron chi connectivity index (χ2n) is 6.15. The van der Waals surface area contributed by atoms with E-state index in [2.05, 4.69) is 22.3 Å². The van der Waals surface area contributed by atoms with Crippen LogP contribution in [0, 0.1) is 0 Å². The molecule has 0 bridgehead atoms. The Balaban J connectivity index is 1.51. The molecule has 0 radical (unpaired) electrons. The van der Waals surface area contributed by atoms with Crippen molar-refractivity contribution in [3.63, 3.8) is 0 Å². The maximum absolute atomic E-state index is 12.4. The Kier molecular flexibility index (Phi) is 3.95. The van der Waals surface area contributed by atoms with E-state index in [0.29, 0.717) is 0 Å². The molecule has 0 atom stereocenters. The molecule has 3 rings (SSSR count). The Hall–Kier alpha value is -1.51. The fraction of sp³-hybridized carbons (Fsp3) is 0.588. The zero-order valence-corrected chi connectivity index (χ0v) is 12.1. The van der Waals surface area contributed by atoms with Gasteiger partial charge in [0.05, 0.1) is 0 Å². The molecule has 1 aromatic carbocycles. The third kappa shape index (κ3) is 2.67. The van der Waals surface area contributed by atoms with Gasteiger partial charge in [-0.1, -0.05) is 30.3 Å². The Bertz CT molecular complexity index is 453. The van der Waals surface area contributed by atoms with Crippen molar-refractivity contribution in [3.8, 4) is 0 Å². The summed E-state index contributed by atoms with van der Waals surface area (Å²) in [7, 11) is 0. The van der Waals surface area contributed by atoms with Gasteiger partial charge in [0.1, 0.15) is 0 Å². The van der Waals surface area contributed by atoms with Crippen LogP contribution < -0.4 is 5.32 Å². The molecule has 2 aliphatic rings. The first kappa shape index (κ1) is 13.5. The van der Waals surface area contributed by atoms with Gasteiger partial charge in [0.2, 0.25) is 0 Å². The number of likely N-dealkylation sites (tertiary alicyclic amines) is 1. The molecule has 1 spiro atoms. The van der Waals surface area contributed by atoms with Gasteiger partial charge in [0.15, 0.2) is 0 Å². The van der Waals surface area contributed by atoms with Crippen molar-refractivity contribution < 1.29 is 4.79 Å². The second-order valence-corrected chi connectivity index (χ2v) is 6.15. The molecule has 2 fully saturated rings. The number of benzene rings is 1. The average molecular weight is 272 g/mol. The van der Waals surface area contributed by atoms with E-state index in [1.54, 1.807) is 0 Å². The lowest BCUT2D eigenvalue weighted by molar-refractivity contribution is 0.0149. The van der Waals surface area contributed by atoms with Gasteiger partial charge in [-0.15, -0.1) is 0 Å². The summed E-state index contributed by atoms with van der Waals surface area (Å²) < 4.78 is 0. The molecule has 1 aliphatic heterocycles. The predicted molar refractivity (Wildman–Crippen MR) is 80.7 cm³/mol. The van der Waals surface area contributed by atoms with Crippen LogP contribution in [0.5, 0.6) is 0 Å². The van der Waals surface area contributed by atoms with Crippen LogP contribution in [0.2, 0.25) is 0 Å². The predicted octanol–water partition coefficient (Wildman–Crippen LogP) is 3.35. The van der Waals surface area contributed by atoms with Crippen molar-refractivity contribution in [1.82, 2.24) is 10.2 Å². The average Bonchev–Trinajstić information content (AvgIpc) is 2.46. The molecule has 108 valence electrons. The summed E-state index contributed by atoms with van der Waals surface area (Å²) in [6.45, 7) is 1.67. The number of piperidine rings is 1. The van der Waals surface area contributed by atoms with E-state index in [-0.39, 0.29) is 11.6 Å². The van der Waals surface area contributed by atoms with Gasteiger partial charge in [-0.25, -0.2) is 4.79 Å². The van der Waals surface area contributed by atoms with E-state index >= 15 is 0 Å². The molecule has 0 aromatic heterocycles. The van der Waals surface area contributed by atoms with Crippen LogP contribution in [0.4, 0.5) is 4.79 Å². The molecule has 1 saturated carbocycles. The van der Waals surface area contributed by atoms with Gasteiger partial charge in [0, 0.05) is 18.6 Å². The van der Waals surface area contributed by atoms with Crippen LogP contribution in [0.3, 0.4) is 0 Å². The van der Waals surface area contributed by atoms with Crippen LogP contribution in [0.1, 0.15) is 44.1 Å². The summed E-state index contributed by atoms with van der Waals surface area (Å²) in [6.07, 6.45) is 8.26. The highest BCUT2D eigenvalue weighted by Gasteiger charge is 2.45. The van der Waals surface area contributed by atoms with E-state index in [0.717, 1.165) is 25.9 Å². The van der Waals surface area contributed by atoms with Gasteiger partial charge in [0.25, 0.3) is 0 Å². The zero-order chi connectivity index (χ0) is 13.8. The Labute approximate surface area is 121 Å². The summed E-state index contributed by atoms with van der Waals surface area (Å²) in [6, 6.07) is 10.5. The molecular weight excluding hydrogens is 248 g/mol. The minimum Gasteiger partial charge on any atom is -0.338 e. The van der Waals surface area contributed by atoms with Gasteiger partial charge in [-0.2, -0.15) is 0 Å². The normalized spacial score (nSPS) is 20.5. The summed E-state index contributed by atoms with van der Waals surface area (Å²) >= 11 is 0. The number of carbonyl (C=O) groups is 1. The first-order valence-electron chi connectivity index (χ1n) is 7.90. The number of hydrogen-bond donors (Lipinski definition) is 1. The lowest BCUT2D eigenvalue weighted by Gasteiger charge is -2.53. The van der Waals surface area contributed by atoms with Gasteiger partial charge >= 0.3 is 6.03 Å². The van der Waals surface area contributed by atoms with Crippen LogP contribution >= 0.6 is 0 Å². The maximum Gasteiger partial charge on any atom is 0.317 e. The fourth-order valence-corrected chi connectivity index (χ4v) is 3.57. The molecule has 3 heteroatoms. The number of amides is 2. The number of urea groups is 1. The number of rotatable bonds is 3. The summed E-state index contributed by atoms with van der Waals surface area (Å²) in [5.74, 6) is 0. The SMILES string of the molecule is O=C(NCCc1ccccc1)N1CCCCC12CCC2. The fourth-order valence-electron chi connectivity index (χ4n) is 3.57. The number of hydrogen-bond acceptors (Lipinski definition) is 1. The lowest BCUT2D eigenvalue weighted by Crippen LogP contribution is -2.60. The van der Waals surface area contributed by atoms with Crippen LogP contribution in [-0.4, -0.2) is 29.6 Å². The standard InChI is InChI=1S/C17H24N2O/c20-16(18-13-9-15-7-2-1-3-8-15)19-14-5-4-10-17(19)11-6-12-17/h1-3,7-8H,4-6,9-14H2,(H,18,20). The number of carbonyl (C=O) groups excluding carboxylic acids is 1. The topological polar surface area (TPSA) is 32.3 Å². The third-order valence-corrected chi connectivity index (χ3v) is 4.91. The van der Waals surface area contributed by atoms with E-state index < -0.39 is 0 Å². The summed E-state index contributed by atoms with van der Waals surface area (Å²) in [5, 5.41) is 3.11. The molecule has 20 heavy (non-hydrogen) atoms. The molecule has 1 aliphatic carbocycles. The maximum atomic E-state index is 12.4. The van der Waals surface area contributed by atoms with E-state index in [9.17, 15) is 4.79 Å². The zero-order valence-electron chi connectivity index (χ0n) is 12.1. The number of nitrogens with one attached hydrogen (secondary N) is 1. The van der Waals surface area contributed by atoms with Crippen molar-refractivity contribution in [2.45, 2.75) is 50.5 Å².